The van der Waals surface area contributed by atoms with Crippen LogP contribution in [0.25, 0.3) is 0 Å². The Labute approximate surface area is 113 Å². The third-order valence-electron chi connectivity index (χ3n) is 3.22. The van der Waals surface area contributed by atoms with Gasteiger partial charge in [0.15, 0.2) is 0 Å². The summed E-state index contributed by atoms with van der Waals surface area (Å²) in [7, 11) is 0. The number of amides is 1. The van der Waals surface area contributed by atoms with Gasteiger partial charge >= 0.3 is 12.1 Å². The van der Waals surface area contributed by atoms with E-state index in [4.69, 9.17) is 9.84 Å². The third-order valence-corrected chi connectivity index (χ3v) is 3.22. The Morgan fingerprint density at radius 2 is 1.95 bits per heavy atom. The van der Waals surface area contributed by atoms with Crippen molar-refractivity contribution < 1.29 is 24.5 Å². The van der Waals surface area contributed by atoms with Crippen LogP contribution in [0.4, 0.5) is 4.79 Å². The van der Waals surface area contributed by atoms with E-state index >= 15 is 0 Å². The molecule has 1 fully saturated rings. The van der Waals surface area contributed by atoms with Gasteiger partial charge in [-0.3, -0.25) is 4.79 Å². The smallest absolute Gasteiger partial charge is 0.410 e. The van der Waals surface area contributed by atoms with Gasteiger partial charge in [0.1, 0.15) is 5.60 Å². The van der Waals surface area contributed by atoms with Gasteiger partial charge < -0.3 is 19.8 Å². The average Bonchev–Trinajstić information content (AvgIpc) is 2.73. The van der Waals surface area contributed by atoms with Crippen LogP contribution in [0.3, 0.4) is 0 Å². The van der Waals surface area contributed by atoms with Crippen molar-refractivity contribution in [2.24, 2.45) is 5.92 Å². The molecule has 0 aromatic heterocycles. The lowest BCUT2D eigenvalue weighted by Gasteiger charge is -2.32. The number of rotatable bonds is 3. The zero-order valence-corrected chi connectivity index (χ0v) is 11.9. The molecule has 1 aliphatic rings. The normalized spacial score (nSPS) is 23.0. The second kappa shape index (κ2) is 5.77. The Balaban J connectivity index is 2.73. The molecule has 0 saturated carbocycles. The lowest BCUT2D eigenvalue weighted by molar-refractivity contribution is -0.146. The highest BCUT2D eigenvalue weighted by molar-refractivity contribution is 5.71. The molecule has 1 aliphatic heterocycles. The Morgan fingerprint density at radius 1 is 1.37 bits per heavy atom. The van der Waals surface area contributed by atoms with Crippen LogP contribution >= 0.6 is 0 Å². The van der Waals surface area contributed by atoms with Gasteiger partial charge in [-0.1, -0.05) is 0 Å². The third kappa shape index (κ3) is 4.09. The fourth-order valence-electron chi connectivity index (χ4n) is 2.17. The van der Waals surface area contributed by atoms with Crippen molar-refractivity contribution in [3.63, 3.8) is 0 Å². The number of carbonyl (C=O) groups is 2. The summed E-state index contributed by atoms with van der Waals surface area (Å²) < 4.78 is 5.27. The van der Waals surface area contributed by atoms with Gasteiger partial charge in [0.05, 0.1) is 18.1 Å². The number of aliphatic hydroxyl groups excluding tert-OH is 1. The van der Waals surface area contributed by atoms with Crippen LogP contribution < -0.4 is 0 Å². The number of aliphatic carboxylic acids is 1. The zero-order valence-electron chi connectivity index (χ0n) is 11.9. The zero-order chi connectivity index (χ0) is 14.8. The maximum atomic E-state index is 12.0. The molecule has 3 atom stereocenters. The van der Waals surface area contributed by atoms with Crippen LogP contribution in [0.5, 0.6) is 0 Å². The molecule has 0 bridgehead atoms. The number of hydrogen-bond donors (Lipinski definition) is 2. The summed E-state index contributed by atoms with van der Waals surface area (Å²) in [6.07, 6.45) is -0.232. The van der Waals surface area contributed by atoms with E-state index in [2.05, 4.69) is 0 Å². The molecule has 0 aromatic rings. The molecule has 0 aromatic carbocycles. The first-order valence-corrected chi connectivity index (χ1v) is 6.54. The predicted molar refractivity (Wildman–Crippen MR) is 68.8 cm³/mol. The highest BCUT2D eigenvalue weighted by Gasteiger charge is 2.40. The predicted octanol–water partition coefficient (Wildman–Crippen LogP) is 1.47. The average molecular weight is 273 g/mol. The number of ether oxygens (including phenoxy) is 1. The van der Waals surface area contributed by atoms with Crippen molar-refractivity contribution in [1.82, 2.24) is 4.90 Å². The van der Waals surface area contributed by atoms with Gasteiger partial charge in [-0.05, 0) is 40.5 Å². The van der Waals surface area contributed by atoms with Crippen molar-refractivity contribution in [2.45, 2.75) is 58.3 Å². The largest absolute Gasteiger partial charge is 0.481 e. The number of carbonyl (C=O) groups excluding carboxylic acids is 1. The molecular weight excluding hydrogens is 250 g/mol. The summed E-state index contributed by atoms with van der Waals surface area (Å²) in [5.41, 5.74) is -0.604. The van der Waals surface area contributed by atoms with E-state index in [9.17, 15) is 14.7 Å². The number of likely N-dealkylation sites (tertiary alicyclic amines) is 1. The Bertz CT molecular complexity index is 349. The van der Waals surface area contributed by atoms with Crippen LogP contribution in [0.15, 0.2) is 0 Å². The minimum absolute atomic E-state index is 0.485. The summed E-state index contributed by atoms with van der Waals surface area (Å²) in [5.74, 6) is -1.98. The fourth-order valence-corrected chi connectivity index (χ4v) is 2.17. The summed E-state index contributed by atoms with van der Waals surface area (Å²) in [6, 6.07) is -0.485. The topological polar surface area (TPSA) is 87.1 Å². The maximum absolute atomic E-state index is 12.0. The number of carboxylic acids is 1. The van der Waals surface area contributed by atoms with Crippen molar-refractivity contribution in [1.29, 1.82) is 0 Å². The molecule has 1 amide bonds. The van der Waals surface area contributed by atoms with Crippen LogP contribution in [0.1, 0.15) is 40.5 Å². The van der Waals surface area contributed by atoms with Crippen molar-refractivity contribution in [2.75, 3.05) is 6.54 Å². The molecule has 0 radical (unpaired) electrons. The van der Waals surface area contributed by atoms with Gasteiger partial charge in [0.25, 0.3) is 0 Å². The van der Waals surface area contributed by atoms with Crippen LogP contribution in [0, 0.1) is 5.92 Å². The minimum atomic E-state index is -1.08. The quantitative estimate of drug-likeness (QED) is 0.813. The highest BCUT2D eigenvalue weighted by atomic mass is 16.6. The number of nitrogens with zero attached hydrogens (tertiary/aromatic N) is 1. The molecule has 0 aliphatic carbocycles. The molecule has 2 N–H and O–H groups in total. The van der Waals surface area contributed by atoms with Gasteiger partial charge in [-0.2, -0.15) is 0 Å². The summed E-state index contributed by atoms with van der Waals surface area (Å²) in [4.78, 5) is 24.4. The lowest BCUT2D eigenvalue weighted by atomic mass is 9.96. The molecule has 1 rings (SSSR count). The van der Waals surface area contributed by atoms with E-state index in [1.165, 1.54) is 11.8 Å². The second-order valence-corrected chi connectivity index (χ2v) is 6.00. The van der Waals surface area contributed by atoms with Gasteiger partial charge in [-0.15, -0.1) is 0 Å². The molecule has 1 saturated heterocycles. The number of aliphatic hydroxyl groups is 1. The molecule has 2 unspecified atom stereocenters. The first-order chi connectivity index (χ1) is 8.63. The Morgan fingerprint density at radius 3 is 2.42 bits per heavy atom. The molecular formula is C13H23NO5. The van der Waals surface area contributed by atoms with E-state index in [-0.39, 0.29) is 0 Å². The van der Waals surface area contributed by atoms with Gasteiger partial charge in [0, 0.05) is 6.54 Å². The van der Waals surface area contributed by atoms with Crippen LogP contribution in [-0.2, 0) is 9.53 Å². The maximum Gasteiger partial charge on any atom is 0.410 e. The van der Waals surface area contributed by atoms with Crippen molar-refractivity contribution >= 4 is 12.1 Å². The van der Waals surface area contributed by atoms with E-state index < -0.39 is 35.7 Å². The Hall–Kier alpha value is -1.30. The SMILES string of the molecule is CC(C(=O)O)C(O)[C@@H]1CCCN1C(=O)OC(C)(C)C. The summed E-state index contributed by atoms with van der Waals surface area (Å²) in [5, 5.41) is 19.0. The molecule has 6 heteroatoms. The molecule has 1 heterocycles. The second-order valence-electron chi connectivity index (χ2n) is 6.00. The first kappa shape index (κ1) is 15.8. The molecule has 6 nitrogen and oxygen atoms in total. The van der Waals surface area contributed by atoms with Crippen molar-refractivity contribution in [3.05, 3.63) is 0 Å². The fraction of sp³-hybridized carbons (Fsp3) is 0.846. The van der Waals surface area contributed by atoms with Crippen LogP contribution in [0.2, 0.25) is 0 Å². The molecule has 0 spiro atoms. The Kier molecular flexibility index (Phi) is 4.79. The van der Waals surface area contributed by atoms with Crippen molar-refractivity contribution in [3.8, 4) is 0 Å². The molecule has 19 heavy (non-hydrogen) atoms. The first-order valence-electron chi connectivity index (χ1n) is 6.54. The summed E-state index contributed by atoms with van der Waals surface area (Å²) >= 11 is 0. The summed E-state index contributed by atoms with van der Waals surface area (Å²) in [6.45, 7) is 7.24. The van der Waals surface area contributed by atoms with E-state index in [0.29, 0.717) is 13.0 Å². The van der Waals surface area contributed by atoms with E-state index in [0.717, 1.165) is 6.42 Å². The van der Waals surface area contributed by atoms with Gasteiger partial charge in [0.2, 0.25) is 0 Å². The minimum Gasteiger partial charge on any atom is -0.481 e. The highest BCUT2D eigenvalue weighted by Crippen LogP contribution is 2.26. The van der Waals surface area contributed by atoms with Gasteiger partial charge in [-0.25, -0.2) is 4.79 Å². The number of carboxylic acid groups (broad SMARTS) is 1. The van der Waals surface area contributed by atoms with E-state index in [1.54, 1.807) is 20.8 Å². The van der Waals surface area contributed by atoms with Crippen LogP contribution in [-0.4, -0.2) is 51.5 Å². The van der Waals surface area contributed by atoms with E-state index in [1.807, 2.05) is 0 Å². The molecule has 110 valence electrons. The number of hydrogen-bond acceptors (Lipinski definition) is 4. The lowest BCUT2D eigenvalue weighted by Crippen LogP contribution is -2.48. The monoisotopic (exact) mass is 273 g/mol. The standard InChI is InChI=1S/C13H23NO5/c1-8(11(16)17)10(15)9-6-5-7-14(9)12(18)19-13(2,3)4/h8-10,15H,5-7H2,1-4H3,(H,16,17)/t8?,9-,10?/m0/s1.